The van der Waals surface area contributed by atoms with Crippen LogP contribution in [0.2, 0.25) is 5.02 Å². The Kier molecular flexibility index (Phi) is 4.26. The van der Waals surface area contributed by atoms with Crippen LogP contribution in [0, 0.1) is 0 Å². The molecule has 0 atom stereocenters. The van der Waals surface area contributed by atoms with Crippen molar-refractivity contribution in [2.24, 2.45) is 0 Å². The summed E-state index contributed by atoms with van der Waals surface area (Å²) in [6.07, 6.45) is -3.22. The summed E-state index contributed by atoms with van der Waals surface area (Å²) in [4.78, 5) is 27.4. The van der Waals surface area contributed by atoms with E-state index in [0.717, 1.165) is 24.3 Å². The van der Waals surface area contributed by atoms with Gasteiger partial charge in [-0.15, -0.1) is 0 Å². The van der Waals surface area contributed by atoms with Gasteiger partial charge < -0.3 is 10.3 Å². The van der Waals surface area contributed by atoms with Crippen LogP contribution in [-0.2, 0) is 6.18 Å². The van der Waals surface area contributed by atoms with Crippen LogP contribution in [-0.4, -0.2) is 10.9 Å². The zero-order valence-electron chi connectivity index (χ0n) is 12.4. The maximum Gasteiger partial charge on any atom is 0.416 e. The van der Waals surface area contributed by atoms with Gasteiger partial charge >= 0.3 is 6.18 Å². The van der Waals surface area contributed by atoms with Crippen LogP contribution in [0.25, 0.3) is 10.9 Å². The van der Waals surface area contributed by atoms with Gasteiger partial charge in [-0.2, -0.15) is 13.2 Å². The molecule has 2 N–H and O–H groups in total. The highest BCUT2D eigenvalue weighted by Gasteiger charge is 2.30. The lowest BCUT2D eigenvalue weighted by Gasteiger charge is -2.09. The molecule has 0 aliphatic rings. The van der Waals surface area contributed by atoms with E-state index in [4.69, 9.17) is 11.6 Å². The van der Waals surface area contributed by atoms with Crippen molar-refractivity contribution in [1.29, 1.82) is 0 Å². The minimum absolute atomic E-state index is 0.147. The number of alkyl halides is 3. The Morgan fingerprint density at radius 3 is 2.40 bits per heavy atom. The first kappa shape index (κ1) is 17.0. The number of anilines is 1. The molecule has 1 aromatic heterocycles. The van der Waals surface area contributed by atoms with E-state index in [9.17, 15) is 22.8 Å². The van der Waals surface area contributed by atoms with Crippen molar-refractivity contribution < 1.29 is 18.0 Å². The Morgan fingerprint density at radius 1 is 1.08 bits per heavy atom. The van der Waals surface area contributed by atoms with Crippen LogP contribution in [0.3, 0.4) is 0 Å². The first-order valence-corrected chi connectivity index (χ1v) is 7.43. The van der Waals surface area contributed by atoms with Crippen molar-refractivity contribution >= 4 is 34.1 Å². The van der Waals surface area contributed by atoms with E-state index in [1.807, 2.05) is 0 Å². The molecule has 0 unspecified atom stereocenters. The number of H-pyrrole nitrogens is 1. The van der Waals surface area contributed by atoms with Gasteiger partial charge in [0.1, 0.15) is 5.56 Å². The molecule has 3 aromatic rings. The maximum absolute atomic E-state index is 12.5. The average Bonchev–Trinajstić information content (AvgIpc) is 2.54. The van der Waals surface area contributed by atoms with E-state index in [2.05, 4.69) is 10.3 Å². The quantitative estimate of drug-likeness (QED) is 0.703. The van der Waals surface area contributed by atoms with Crippen LogP contribution in [0.15, 0.2) is 53.5 Å². The molecular weight excluding hydrogens is 357 g/mol. The van der Waals surface area contributed by atoms with Gasteiger partial charge in [0.25, 0.3) is 5.91 Å². The lowest BCUT2D eigenvalue weighted by Crippen LogP contribution is -2.22. The third-order valence-corrected chi connectivity index (χ3v) is 3.79. The SMILES string of the molecule is O=C(Nc1ccc(C(F)(F)F)cc1)c1c[nH]c2cc(Cl)ccc2c1=O. The number of carbonyl (C=O) groups excluding carboxylic acids is 1. The summed E-state index contributed by atoms with van der Waals surface area (Å²) in [6.45, 7) is 0. The number of halogens is 4. The Balaban J connectivity index is 1.89. The predicted octanol–water partition coefficient (Wildman–Crippen LogP) is 4.45. The third-order valence-electron chi connectivity index (χ3n) is 3.56. The molecule has 0 saturated heterocycles. The molecular formula is C17H10ClF3N2O2. The molecule has 0 radical (unpaired) electrons. The zero-order chi connectivity index (χ0) is 18.2. The monoisotopic (exact) mass is 366 g/mol. The van der Waals surface area contributed by atoms with E-state index in [0.29, 0.717) is 10.5 Å². The topological polar surface area (TPSA) is 62.0 Å². The molecule has 0 fully saturated rings. The largest absolute Gasteiger partial charge is 0.416 e. The number of pyridine rings is 1. The van der Waals surface area contributed by atoms with Gasteiger partial charge in [0, 0.05) is 22.3 Å². The molecule has 25 heavy (non-hydrogen) atoms. The van der Waals surface area contributed by atoms with Crippen LogP contribution >= 0.6 is 11.6 Å². The van der Waals surface area contributed by atoms with Gasteiger partial charge in [0.15, 0.2) is 0 Å². The van der Waals surface area contributed by atoms with E-state index in [1.54, 1.807) is 6.07 Å². The minimum atomic E-state index is -4.46. The second-order valence-corrected chi connectivity index (χ2v) is 5.69. The normalized spacial score (nSPS) is 11.5. The van der Waals surface area contributed by atoms with Crippen molar-refractivity contribution in [3.63, 3.8) is 0 Å². The molecule has 1 amide bonds. The number of benzene rings is 2. The van der Waals surface area contributed by atoms with Gasteiger partial charge in [0.2, 0.25) is 5.43 Å². The van der Waals surface area contributed by atoms with Gasteiger partial charge in [-0.05, 0) is 42.5 Å². The molecule has 1 heterocycles. The molecule has 0 bridgehead atoms. The number of nitrogens with one attached hydrogen (secondary N) is 2. The van der Waals surface area contributed by atoms with Crippen molar-refractivity contribution in [2.45, 2.75) is 6.18 Å². The fraction of sp³-hybridized carbons (Fsp3) is 0.0588. The Labute approximate surface area is 144 Å². The molecule has 2 aromatic carbocycles. The van der Waals surface area contributed by atoms with E-state index >= 15 is 0 Å². The van der Waals surface area contributed by atoms with Crippen LogP contribution < -0.4 is 10.7 Å². The van der Waals surface area contributed by atoms with Gasteiger partial charge in [-0.25, -0.2) is 0 Å². The molecule has 4 nitrogen and oxygen atoms in total. The summed E-state index contributed by atoms with van der Waals surface area (Å²) in [7, 11) is 0. The molecule has 0 aliphatic heterocycles. The second kappa shape index (κ2) is 6.25. The zero-order valence-corrected chi connectivity index (χ0v) is 13.2. The molecule has 0 saturated carbocycles. The number of hydrogen-bond donors (Lipinski definition) is 2. The summed E-state index contributed by atoms with van der Waals surface area (Å²) in [6, 6.07) is 8.51. The number of aromatic nitrogens is 1. The van der Waals surface area contributed by atoms with Crippen LogP contribution in [0.4, 0.5) is 18.9 Å². The summed E-state index contributed by atoms with van der Waals surface area (Å²) < 4.78 is 37.6. The Hall–Kier alpha value is -2.80. The van der Waals surface area contributed by atoms with E-state index in [1.165, 1.54) is 18.3 Å². The van der Waals surface area contributed by atoms with E-state index in [-0.39, 0.29) is 16.6 Å². The van der Waals surface area contributed by atoms with Gasteiger partial charge in [-0.3, -0.25) is 9.59 Å². The third kappa shape index (κ3) is 3.51. The predicted molar refractivity (Wildman–Crippen MR) is 89.0 cm³/mol. The summed E-state index contributed by atoms with van der Waals surface area (Å²) >= 11 is 5.84. The maximum atomic E-state index is 12.5. The Bertz CT molecular complexity index is 1010. The molecule has 3 rings (SSSR count). The van der Waals surface area contributed by atoms with Crippen molar-refractivity contribution in [3.8, 4) is 0 Å². The molecule has 8 heteroatoms. The first-order valence-electron chi connectivity index (χ1n) is 7.05. The standard InChI is InChI=1S/C17H10ClF3N2O2/c18-10-3-6-12-14(7-10)22-8-13(15(12)24)16(25)23-11-4-1-9(2-5-11)17(19,20)21/h1-8H,(H,22,24)(H,23,25). The smallest absolute Gasteiger partial charge is 0.360 e. The highest BCUT2D eigenvalue weighted by atomic mass is 35.5. The average molecular weight is 367 g/mol. The number of aromatic amines is 1. The molecule has 128 valence electrons. The summed E-state index contributed by atoms with van der Waals surface area (Å²) in [5, 5.41) is 3.12. The number of rotatable bonds is 2. The fourth-order valence-electron chi connectivity index (χ4n) is 2.30. The molecule has 0 aliphatic carbocycles. The van der Waals surface area contributed by atoms with Gasteiger partial charge in [-0.1, -0.05) is 11.6 Å². The van der Waals surface area contributed by atoms with E-state index < -0.39 is 23.1 Å². The number of carbonyl (C=O) groups is 1. The lowest BCUT2D eigenvalue weighted by atomic mass is 10.1. The summed E-state index contributed by atoms with van der Waals surface area (Å²) in [5.74, 6) is -0.724. The fourth-order valence-corrected chi connectivity index (χ4v) is 2.48. The second-order valence-electron chi connectivity index (χ2n) is 5.25. The number of hydrogen-bond acceptors (Lipinski definition) is 2. The lowest BCUT2D eigenvalue weighted by molar-refractivity contribution is -0.137. The highest BCUT2D eigenvalue weighted by Crippen LogP contribution is 2.29. The highest BCUT2D eigenvalue weighted by molar-refractivity contribution is 6.31. The van der Waals surface area contributed by atoms with Gasteiger partial charge in [0.05, 0.1) is 11.1 Å². The van der Waals surface area contributed by atoms with Crippen molar-refractivity contribution in [2.75, 3.05) is 5.32 Å². The van der Waals surface area contributed by atoms with Crippen molar-refractivity contribution in [1.82, 2.24) is 4.98 Å². The minimum Gasteiger partial charge on any atom is -0.360 e. The Morgan fingerprint density at radius 2 is 1.76 bits per heavy atom. The summed E-state index contributed by atoms with van der Waals surface area (Å²) in [5.41, 5.74) is -0.868. The molecule has 0 spiro atoms. The number of fused-ring (bicyclic) bond motifs is 1. The van der Waals surface area contributed by atoms with Crippen LogP contribution in [0.5, 0.6) is 0 Å². The van der Waals surface area contributed by atoms with Crippen molar-refractivity contribution in [3.05, 3.63) is 75.0 Å². The first-order chi connectivity index (χ1) is 11.8. The van der Waals surface area contributed by atoms with Crippen LogP contribution in [0.1, 0.15) is 15.9 Å². The number of amides is 1.